The lowest BCUT2D eigenvalue weighted by Gasteiger charge is -2.28. The van der Waals surface area contributed by atoms with Crippen LogP contribution in [0.4, 0.5) is 0 Å². The Morgan fingerprint density at radius 3 is 2.42 bits per heavy atom. The van der Waals surface area contributed by atoms with Crippen molar-refractivity contribution >= 4 is 0 Å². The van der Waals surface area contributed by atoms with Crippen molar-refractivity contribution in [3.8, 4) is 5.88 Å². The maximum absolute atomic E-state index is 5.93. The molecule has 1 aliphatic heterocycles. The number of rotatable bonds is 4. The molecule has 0 radical (unpaired) electrons. The van der Waals surface area contributed by atoms with Gasteiger partial charge in [0.15, 0.2) is 0 Å². The zero-order valence-electron chi connectivity index (χ0n) is 12.3. The van der Waals surface area contributed by atoms with Gasteiger partial charge in [-0.1, -0.05) is 6.92 Å². The van der Waals surface area contributed by atoms with Crippen molar-refractivity contribution in [3.05, 3.63) is 18.1 Å². The Morgan fingerprint density at radius 2 is 1.89 bits per heavy atom. The maximum atomic E-state index is 5.93. The van der Waals surface area contributed by atoms with Crippen LogP contribution in [0.3, 0.4) is 0 Å². The molecule has 0 spiro atoms. The zero-order valence-corrected chi connectivity index (χ0v) is 12.3. The summed E-state index contributed by atoms with van der Waals surface area (Å²) >= 11 is 0. The smallest absolute Gasteiger partial charge is 0.237 e. The Bertz CT molecular complexity index is 427. The van der Waals surface area contributed by atoms with Crippen LogP contribution in [0.1, 0.15) is 32.5 Å². The van der Waals surface area contributed by atoms with E-state index in [1.165, 1.54) is 0 Å². The highest BCUT2D eigenvalue weighted by Crippen LogP contribution is 2.41. The van der Waals surface area contributed by atoms with E-state index in [0.717, 1.165) is 5.69 Å². The number of aromatic nitrogens is 2. The summed E-state index contributed by atoms with van der Waals surface area (Å²) in [5.74, 6) is 1.39. The van der Waals surface area contributed by atoms with Crippen molar-refractivity contribution in [1.29, 1.82) is 0 Å². The molecular formula is C14H23N3O2. The summed E-state index contributed by atoms with van der Waals surface area (Å²) in [6.45, 7) is 6.48. The van der Waals surface area contributed by atoms with Gasteiger partial charge in [0.2, 0.25) is 5.88 Å². The molecule has 106 valence electrons. The average Bonchev–Trinajstić information content (AvgIpc) is 2.67. The third-order valence-electron chi connectivity index (χ3n) is 4.19. The normalized spacial score (nSPS) is 32.3. The van der Waals surface area contributed by atoms with Crippen molar-refractivity contribution in [2.75, 3.05) is 14.2 Å². The van der Waals surface area contributed by atoms with E-state index in [0.29, 0.717) is 17.7 Å². The summed E-state index contributed by atoms with van der Waals surface area (Å²) in [7, 11) is 3.57. The van der Waals surface area contributed by atoms with Crippen LogP contribution in [0.25, 0.3) is 0 Å². The van der Waals surface area contributed by atoms with Crippen LogP contribution in [0.2, 0.25) is 0 Å². The van der Waals surface area contributed by atoms with Gasteiger partial charge in [-0.3, -0.25) is 4.98 Å². The van der Waals surface area contributed by atoms with Crippen LogP contribution in [0, 0.1) is 11.8 Å². The van der Waals surface area contributed by atoms with E-state index in [2.05, 4.69) is 36.1 Å². The molecule has 1 aromatic heterocycles. The van der Waals surface area contributed by atoms with Gasteiger partial charge in [0.25, 0.3) is 0 Å². The standard InChI is InChI=1S/C14H23N3O2/c1-8-9(2)19-10(3)11(8)12(15-4)13-14(18-5)17-7-6-16-13/h6-12,15H,1-5H3. The number of nitrogens with one attached hydrogen (secondary N) is 1. The minimum Gasteiger partial charge on any atom is -0.480 e. The van der Waals surface area contributed by atoms with Gasteiger partial charge in [0.1, 0.15) is 5.69 Å². The van der Waals surface area contributed by atoms with E-state index >= 15 is 0 Å². The molecule has 19 heavy (non-hydrogen) atoms. The summed E-state index contributed by atoms with van der Waals surface area (Å²) in [5, 5.41) is 3.35. The SMILES string of the molecule is CNC(c1nccnc1OC)C1C(C)OC(C)C1C. The predicted molar refractivity (Wildman–Crippen MR) is 73.0 cm³/mol. The highest BCUT2D eigenvalue weighted by Gasteiger charge is 2.43. The monoisotopic (exact) mass is 265 g/mol. The molecule has 5 heteroatoms. The molecule has 0 amide bonds. The largest absolute Gasteiger partial charge is 0.480 e. The Hall–Kier alpha value is -1.20. The Morgan fingerprint density at radius 1 is 1.21 bits per heavy atom. The first-order valence-corrected chi connectivity index (χ1v) is 6.77. The van der Waals surface area contributed by atoms with E-state index in [9.17, 15) is 0 Å². The third kappa shape index (κ3) is 2.58. The highest BCUT2D eigenvalue weighted by molar-refractivity contribution is 5.23. The minimum absolute atomic E-state index is 0.0820. The van der Waals surface area contributed by atoms with Gasteiger partial charge in [-0.15, -0.1) is 0 Å². The molecule has 0 saturated carbocycles. The summed E-state index contributed by atoms with van der Waals surface area (Å²) in [4.78, 5) is 8.69. The first-order valence-electron chi connectivity index (χ1n) is 6.77. The van der Waals surface area contributed by atoms with E-state index in [1.807, 2.05) is 7.05 Å². The Balaban J connectivity index is 2.34. The zero-order chi connectivity index (χ0) is 14.0. The van der Waals surface area contributed by atoms with E-state index in [4.69, 9.17) is 9.47 Å². The van der Waals surface area contributed by atoms with Gasteiger partial charge < -0.3 is 14.8 Å². The minimum atomic E-state index is 0.0820. The van der Waals surface area contributed by atoms with Crippen LogP contribution >= 0.6 is 0 Å². The van der Waals surface area contributed by atoms with Gasteiger partial charge in [-0.25, -0.2) is 4.98 Å². The van der Waals surface area contributed by atoms with Crippen LogP contribution in [0.15, 0.2) is 12.4 Å². The van der Waals surface area contributed by atoms with Crippen molar-refractivity contribution < 1.29 is 9.47 Å². The molecule has 5 atom stereocenters. The van der Waals surface area contributed by atoms with Gasteiger partial charge in [0.05, 0.1) is 25.4 Å². The van der Waals surface area contributed by atoms with Gasteiger partial charge >= 0.3 is 0 Å². The molecule has 1 aliphatic rings. The first kappa shape index (κ1) is 14.2. The quantitative estimate of drug-likeness (QED) is 0.899. The predicted octanol–water partition coefficient (Wildman–Crippen LogP) is 1.81. The summed E-state index contributed by atoms with van der Waals surface area (Å²) in [6, 6.07) is 0.0820. The molecule has 2 heterocycles. The van der Waals surface area contributed by atoms with Gasteiger partial charge in [-0.05, 0) is 26.8 Å². The van der Waals surface area contributed by atoms with E-state index < -0.39 is 0 Å². The van der Waals surface area contributed by atoms with Crippen molar-refractivity contribution in [3.63, 3.8) is 0 Å². The maximum Gasteiger partial charge on any atom is 0.237 e. The molecule has 1 aromatic rings. The number of hydrogen-bond donors (Lipinski definition) is 1. The third-order valence-corrected chi connectivity index (χ3v) is 4.19. The van der Waals surface area contributed by atoms with Crippen LogP contribution in [-0.2, 0) is 4.74 Å². The average molecular weight is 265 g/mol. The Labute approximate surface area is 114 Å². The second kappa shape index (κ2) is 5.84. The van der Waals surface area contributed by atoms with Crippen molar-refractivity contribution in [1.82, 2.24) is 15.3 Å². The first-order chi connectivity index (χ1) is 9.10. The highest BCUT2D eigenvalue weighted by atomic mass is 16.5. The van der Waals surface area contributed by atoms with Gasteiger partial charge in [-0.2, -0.15) is 0 Å². The summed E-state index contributed by atoms with van der Waals surface area (Å²) in [5.41, 5.74) is 0.855. The molecule has 0 aliphatic carbocycles. The fourth-order valence-electron chi connectivity index (χ4n) is 3.09. The molecule has 1 saturated heterocycles. The fourth-order valence-corrected chi connectivity index (χ4v) is 3.09. The van der Waals surface area contributed by atoms with Gasteiger partial charge in [0, 0.05) is 18.3 Å². The second-order valence-electron chi connectivity index (χ2n) is 5.20. The molecule has 0 bridgehead atoms. The lowest BCUT2D eigenvalue weighted by molar-refractivity contribution is 0.0475. The number of nitrogens with zero attached hydrogens (tertiary/aromatic N) is 2. The summed E-state index contributed by atoms with van der Waals surface area (Å²) < 4.78 is 11.3. The van der Waals surface area contributed by atoms with Crippen molar-refractivity contribution in [2.45, 2.75) is 39.0 Å². The Kier molecular flexibility index (Phi) is 4.37. The molecule has 1 fully saturated rings. The van der Waals surface area contributed by atoms with Crippen molar-refractivity contribution in [2.24, 2.45) is 11.8 Å². The molecule has 5 nitrogen and oxygen atoms in total. The molecule has 0 aromatic carbocycles. The lowest BCUT2D eigenvalue weighted by atomic mass is 9.82. The van der Waals surface area contributed by atoms with E-state index in [-0.39, 0.29) is 18.2 Å². The van der Waals surface area contributed by atoms with Crippen LogP contribution < -0.4 is 10.1 Å². The number of methoxy groups -OCH3 is 1. The second-order valence-corrected chi connectivity index (χ2v) is 5.20. The molecule has 1 N–H and O–H groups in total. The van der Waals surface area contributed by atoms with E-state index in [1.54, 1.807) is 19.5 Å². The lowest BCUT2D eigenvalue weighted by Crippen LogP contribution is -2.34. The van der Waals surface area contributed by atoms with Crippen LogP contribution in [-0.4, -0.2) is 36.3 Å². The summed E-state index contributed by atoms with van der Waals surface area (Å²) in [6.07, 6.45) is 3.81. The number of ether oxygens (including phenoxy) is 2. The molecular weight excluding hydrogens is 242 g/mol. The fraction of sp³-hybridized carbons (Fsp3) is 0.714. The molecule has 5 unspecified atom stereocenters. The number of hydrogen-bond acceptors (Lipinski definition) is 5. The topological polar surface area (TPSA) is 56.3 Å². The molecule has 2 rings (SSSR count). The van der Waals surface area contributed by atoms with Crippen LogP contribution in [0.5, 0.6) is 5.88 Å².